The van der Waals surface area contributed by atoms with Crippen molar-refractivity contribution in [3.63, 3.8) is 0 Å². The second-order valence-corrected chi connectivity index (χ2v) is 5.06. The fourth-order valence-corrected chi connectivity index (χ4v) is 2.25. The van der Waals surface area contributed by atoms with Crippen LogP contribution in [0.15, 0.2) is 24.7 Å². The average molecular weight is 292 g/mol. The largest absolute Gasteiger partial charge is 0.480 e. The second-order valence-electron chi connectivity index (χ2n) is 4.03. The minimum Gasteiger partial charge on any atom is -0.480 e. The smallest absolute Gasteiger partial charge is 0.326 e. The lowest BCUT2D eigenvalue weighted by Crippen LogP contribution is -2.39. The molecule has 2 aromatic rings. The minimum atomic E-state index is -1.06. The molecule has 0 fully saturated rings. The van der Waals surface area contributed by atoms with Crippen molar-refractivity contribution in [2.24, 2.45) is 0 Å². The quantitative estimate of drug-likeness (QED) is 0.908. The summed E-state index contributed by atoms with van der Waals surface area (Å²) in [5.41, 5.74) is 0. The van der Waals surface area contributed by atoms with Gasteiger partial charge in [0.25, 0.3) is 5.91 Å². The number of carboxylic acid groups (broad SMARTS) is 1. The summed E-state index contributed by atoms with van der Waals surface area (Å²) in [5.74, 6) is -1.01. The Hall–Kier alpha value is -2.35. The van der Waals surface area contributed by atoms with Crippen LogP contribution < -0.4 is 0 Å². The molecule has 1 unspecified atom stereocenters. The summed E-state index contributed by atoms with van der Waals surface area (Å²) in [6.07, 6.45) is 4.58. The first-order valence-corrected chi connectivity index (χ1v) is 6.55. The normalized spacial score (nSPS) is 11.9. The third-order valence-electron chi connectivity index (χ3n) is 2.73. The molecule has 2 heterocycles. The first kappa shape index (κ1) is 14.1. The number of nitrogens with zero attached hydrogens (tertiary/aromatic N) is 4. The number of aromatic nitrogens is 3. The zero-order chi connectivity index (χ0) is 14.7. The summed E-state index contributed by atoms with van der Waals surface area (Å²) in [6, 6.07) is 0.784. The van der Waals surface area contributed by atoms with E-state index in [0.717, 1.165) is 16.2 Å². The van der Waals surface area contributed by atoms with Crippen molar-refractivity contribution in [2.75, 3.05) is 7.05 Å². The highest BCUT2D eigenvalue weighted by molar-refractivity contribution is 7.16. The van der Waals surface area contributed by atoms with Gasteiger partial charge in [0.2, 0.25) is 0 Å². The lowest BCUT2D eigenvalue weighted by atomic mass is 10.3. The third-order valence-corrected chi connectivity index (χ3v) is 3.71. The van der Waals surface area contributed by atoms with Crippen LogP contribution in [0.2, 0.25) is 0 Å². The maximum absolute atomic E-state index is 12.1. The van der Waals surface area contributed by atoms with Gasteiger partial charge in [-0.2, -0.15) is 0 Å². The number of likely N-dealkylation sites (N-methyl/N-ethyl adjacent to an activating group) is 1. The van der Waals surface area contributed by atoms with Crippen LogP contribution in [0.1, 0.15) is 16.6 Å². The Kier molecular flexibility index (Phi) is 4.04. The Labute approximate surface area is 118 Å². The van der Waals surface area contributed by atoms with E-state index in [0.29, 0.717) is 15.7 Å². The Bertz CT molecular complexity index is 629. The van der Waals surface area contributed by atoms with Gasteiger partial charge in [-0.1, -0.05) is 0 Å². The van der Waals surface area contributed by atoms with E-state index in [4.69, 9.17) is 5.11 Å². The average Bonchev–Trinajstić information content (AvgIpc) is 2.95. The molecule has 1 atom stereocenters. The SMILES string of the molecule is CC(C(=O)O)N(C)C(=O)c1cnc(-c2ncccn2)s1. The van der Waals surface area contributed by atoms with E-state index in [1.54, 1.807) is 18.5 Å². The molecule has 104 valence electrons. The van der Waals surface area contributed by atoms with Gasteiger partial charge in [-0.15, -0.1) is 11.3 Å². The monoisotopic (exact) mass is 292 g/mol. The topological polar surface area (TPSA) is 96.3 Å². The zero-order valence-electron chi connectivity index (χ0n) is 10.8. The first-order valence-electron chi connectivity index (χ1n) is 5.74. The number of hydrogen-bond acceptors (Lipinski definition) is 6. The molecule has 0 aliphatic heterocycles. The molecule has 2 rings (SSSR count). The van der Waals surface area contributed by atoms with Crippen molar-refractivity contribution in [3.8, 4) is 10.8 Å². The Morgan fingerprint density at radius 3 is 2.55 bits per heavy atom. The van der Waals surface area contributed by atoms with E-state index >= 15 is 0 Å². The van der Waals surface area contributed by atoms with Crippen molar-refractivity contribution < 1.29 is 14.7 Å². The van der Waals surface area contributed by atoms with Crippen LogP contribution in [0.3, 0.4) is 0 Å². The molecule has 0 radical (unpaired) electrons. The fourth-order valence-electron chi connectivity index (χ4n) is 1.40. The Morgan fingerprint density at radius 1 is 1.30 bits per heavy atom. The molecule has 0 bridgehead atoms. The van der Waals surface area contributed by atoms with Gasteiger partial charge in [-0.05, 0) is 13.0 Å². The van der Waals surface area contributed by atoms with Crippen molar-refractivity contribution in [3.05, 3.63) is 29.5 Å². The predicted molar refractivity (Wildman–Crippen MR) is 72.3 cm³/mol. The molecular weight excluding hydrogens is 280 g/mol. The standard InChI is InChI=1S/C12H12N4O3S/c1-7(12(18)19)16(2)11(17)8-6-15-10(20-8)9-13-4-3-5-14-9/h3-7H,1-2H3,(H,18,19). The van der Waals surface area contributed by atoms with Gasteiger partial charge < -0.3 is 10.0 Å². The van der Waals surface area contributed by atoms with E-state index < -0.39 is 12.0 Å². The van der Waals surface area contributed by atoms with E-state index in [1.807, 2.05) is 0 Å². The Balaban J connectivity index is 2.21. The zero-order valence-corrected chi connectivity index (χ0v) is 11.7. The van der Waals surface area contributed by atoms with Crippen LogP contribution in [0.5, 0.6) is 0 Å². The molecule has 0 saturated heterocycles. The number of carbonyl (C=O) groups excluding carboxylic acids is 1. The first-order chi connectivity index (χ1) is 9.50. The molecule has 1 N–H and O–H groups in total. The fraction of sp³-hybridized carbons (Fsp3) is 0.250. The molecule has 7 nitrogen and oxygen atoms in total. The lowest BCUT2D eigenvalue weighted by molar-refractivity contribution is -0.141. The summed E-state index contributed by atoms with van der Waals surface area (Å²) >= 11 is 1.13. The highest BCUT2D eigenvalue weighted by Gasteiger charge is 2.24. The summed E-state index contributed by atoms with van der Waals surface area (Å²) in [7, 11) is 1.44. The number of aliphatic carboxylic acids is 1. The number of hydrogen-bond donors (Lipinski definition) is 1. The summed E-state index contributed by atoms with van der Waals surface area (Å²) < 4.78 is 0. The van der Waals surface area contributed by atoms with Crippen LogP contribution in [-0.4, -0.2) is 49.9 Å². The third kappa shape index (κ3) is 2.80. The number of thiazole rings is 1. The van der Waals surface area contributed by atoms with Crippen LogP contribution in [0.4, 0.5) is 0 Å². The van der Waals surface area contributed by atoms with Crippen LogP contribution in [0.25, 0.3) is 10.8 Å². The van der Waals surface area contributed by atoms with E-state index in [-0.39, 0.29) is 5.91 Å². The molecule has 0 aliphatic carbocycles. The number of carbonyl (C=O) groups is 2. The maximum atomic E-state index is 12.1. The van der Waals surface area contributed by atoms with Gasteiger partial charge in [-0.3, -0.25) is 4.79 Å². The van der Waals surface area contributed by atoms with Gasteiger partial charge >= 0.3 is 5.97 Å². The molecule has 0 aromatic carbocycles. The molecule has 8 heteroatoms. The number of amides is 1. The van der Waals surface area contributed by atoms with Gasteiger partial charge in [0.05, 0.1) is 6.20 Å². The maximum Gasteiger partial charge on any atom is 0.326 e. The summed E-state index contributed by atoms with van der Waals surface area (Å²) in [6.45, 7) is 1.45. The molecule has 0 spiro atoms. The predicted octanol–water partition coefficient (Wildman–Crippen LogP) is 1.15. The van der Waals surface area contributed by atoms with Crippen molar-refractivity contribution in [2.45, 2.75) is 13.0 Å². The van der Waals surface area contributed by atoms with Crippen LogP contribution >= 0.6 is 11.3 Å². The number of carboxylic acids is 1. The second kappa shape index (κ2) is 5.74. The van der Waals surface area contributed by atoms with Crippen molar-refractivity contribution in [1.29, 1.82) is 0 Å². The van der Waals surface area contributed by atoms with Gasteiger partial charge in [0.15, 0.2) is 10.8 Å². The van der Waals surface area contributed by atoms with Crippen LogP contribution in [-0.2, 0) is 4.79 Å². The van der Waals surface area contributed by atoms with Gasteiger partial charge in [-0.25, -0.2) is 19.7 Å². The lowest BCUT2D eigenvalue weighted by Gasteiger charge is -2.20. The van der Waals surface area contributed by atoms with Crippen LogP contribution in [0, 0.1) is 0 Å². The summed E-state index contributed by atoms with van der Waals surface area (Å²) in [4.78, 5) is 36.7. The van der Waals surface area contributed by atoms with E-state index in [1.165, 1.54) is 20.2 Å². The van der Waals surface area contributed by atoms with Crippen molar-refractivity contribution in [1.82, 2.24) is 19.9 Å². The molecule has 20 heavy (non-hydrogen) atoms. The van der Waals surface area contributed by atoms with Gasteiger partial charge in [0, 0.05) is 19.4 Å². The molecular formula is C12H12N4O3S. The Morgan fingerprint density at radius 2 is 1.95 bits per heavy atom. The highest BCUT2D eigenvalue weighted by atomic mass is 32.1. The van der Waals surface area contributed by atoms with E-state index in [2.05, 4.69) is 15.0 Å². The summed E-state index contributed by atoms with van der Waals surface area (Å²) in [5, 5.41) is 9.42. The molecule has 0 saturated carbocycles. The van der Waals surface area contributed by atoms with E-state index in [9.17, 15) is 9.59 Å². The highest BCUT2D eigenvalue weighted by Crippen LogP contribution is 2.22. The van der Waals surface area contributed by atoms with Crippen molar-refractivity contribution >= 4 is 23.2 Å². The minimum absolute atomic E-state index is 0.350. The molecule has 0 aliphatic rings. The molecule has 2 aromatic heterocycles. The number of rotatable bonds is 4. The van der Waals surface area contributed by atoms with Gasteiger partial charge in [0.1, 0.15) is 10.9 Å². The molecule has 1 amide bonds.